The summed E-state index contributed by atoms with van der Waals surface area (Å²) in [5, 5.41) is 13.5. The van der Waals surface area contributed by atoms with Gasteiger partial charge in [-0.05, 0) is 61.4 Å². The molecule has 0 spiro atoms. The molecule has 6 nitrogen and oxygen atoms in total. The van der Waals surface area contributed by atoms with Crippen LogP contribution in [0.15, 0.2) is 30.5 Å². The van der Waals surface area contributed by atoms with Crippen molar-refractivity contribution in [1.29, 1.82) is 0 Å². The zero-order valence-electron chi connectivity index (χ0n) is 19.8. The fraction of sp³-hybridized carbons (Fsp3) is 0.480. The van der Waals surface area contributed by atoms with E-state index >= 15 is 0 Å². The molecule has 0 atom stereocenters. The number of aromatic nitrogens is 4. The number of nitrogens with zero attached hydrogens (tertiary/aromatic N) is 6. The number of alkyl halides is 3. The molecule has 0 bridgehead atoms. The van der Waals surface area contributed by atoms with Crippen LogP contribution in [0.1, 0.15) is 41.5 Å². The topological polar surface area (TPSA) is 50.1 Å². The largest absolute Gasteiger partial charge is 0.416 e. The van der Waals surface area contributed by atoms with E-state index in [1.807, 2.05) is 29.7 Å². The molecule has 1 aliphatic heterocycles. The number of hydrogen-bond donors (Lipinski definition) is 0. The fourth-order valence-electron chi connectivity index (χ4n) is 5.39. The first kappa shape index (κ1) is 23.7. The molecule has 1 saturated heterocycles. The zero-order valence-corrected chi connectivity index (χ0v) is 19.8. The number of aryl methyl sites for hydroxylation is 1. The molecule has 5 rings (SSSR count). The minimum atomic E-state index is -4.57. The van der Waals surface area contributed by atoms with Crippen LogP contribution in [-0.2, 0) is 32.6 Å². The summed E-state index contributed by atoms with van der Waals surface area (Å²) < 4.78 is 55.4. The number of benzene rings is 1. The van der Waals surface area contributed by atoms with Crippen LogP contribution in [0.2, 0.25) is 0 Å². The predicted molar refractivity (Wildman–Crippen MR) is 124 cm³/mol. The standard InChI is InChI=1S/C25H28F4N6/c1-33(24-20-5-3-4-19(20)23(31-32-24)22-8-11-30-34(22)2)18-9-12-35(13-10-18)15-16-6-7-17(26)14-21(16)25(27,28)29/h6-8,11,14,18H,3-5,9-10,12-13,15H2,1-2H3. The van der Waals surface area contributed by atoms with Crippen molar-refractivity contribution in [3.63, 3.8) is 0 Å². The minimum absolute atomic E-state index is 0.111. The smallest absolute Gasteiger partial charge is 0.355 e. The van der Waals surface area contributed by atoms with Crippen molar-refractivity contribution in [1.82, 2.24) is 24.9 Å². The Labute approximate surface area is 201 Å². The Kier molecular flexibility index (Phi) is 6.25. The van der Waals surface area contributed by atoms with Gasteiger partial charge in [-0.3, -0.25) is 9.58 Å². The van der Waals surface area contributed by atoms with Gasteiger partial charge >= 0.3 is 6.18 Å². The lowest BCUT2D eigenvalue weighted by Crippen LogP contribution is -2.44. The van der Waals surface area contributed by atoms with Crippen LogP contribution < -0.4 is 4.90 Å². The first-order chi connectivity index (χ1) is 16.7. The maximum Gasteiger partial charge on any atom is 0.416 e. The molecule has 0 unspecified atom stereocenters. The number of likely N-dealkylation sites (tertiary alicyclic amines) is 1. The van der Waals surface area contributed by atoms with Gasteiger partial charge in [-0.25, -0.2) is 4.39 Å². The molecule has 35 heavy (non-hydrogen) atoms. The Morgan fingerprint density at radius 2 is 1.80 bits per heavy atom. The van der Waals surface area contributed by atoms with Crippen molar-refractivity contribution >= 4 is 5.82 Å². The van der Waals surface area contributed by atoms with E-state index in [0.717, 1.165) is 55.4 Å². The highest BCUT2D eigenvalue weighted by Gasteiger charge is 2.35. The third-order valence-corrected chi connectivity index (χ3v) is 7.29. The summed E-state index contributed by atoms with van der Waals surface area (Å²) in [4.78, 5) is 4.20. The van der Waals surface area contributed by atoms with Gasteiger partial charge in [0, 0.05) is 51.5 Å². The Hall–Kier alpha value is -3.01. The number of halogens is 4. The van der Waals surface area contributed by atoms with E-state index in [2.05, 4.69) is 20.2 Å². The first-order valence-corrected chi connectivity index (χ1v) is 11.9. The Bertz CT molecular complexity index is 1210. The van der Waals surface area contributed by atoms with Crippen molar-refractivity contribution in [2.24, 2.45) is 7.05 Å². The van der Waals surface area contributed by atoms with E-state index in [9.17, 15) is 17.6 Å². The highest BCUT2D eigenvalue weighted by atomic mass is 19.4. The normalized spacial score (nSPS) is 17.1. The van der Waals surface area contributed by atoms with Crippen LogP contribution in [0, 0.1) is 5.82 Å². The van der Waals surface area contributed by atoms with Crippen LogP contribution in [0.5, 0.6) is 0 Å². The lowest BCUT2D eigenvalue weighted by Gasteiger charge is -2.38. The van der Waals surface area contributed by atoms with Crippen LogP contribution in [0.25, 0.3) is 11.4 Å². The molecule has 2 aromatic heterocycles. The van der Waals surface area contributed by atoms with E-state index in [1.54, 1.807) is 6.20 Å². The predicted octanol–water partition coefficient (Wildman–Crippen LogP) is 4.62. The third kappa shape index (κ3) is 4.63. The molecule has 186 valence electrons. The number of anilines is 1. The Morgan fingerprint density at radius 1 is 1.06 bits per heavy atom. The first-order valence-electron chi connectivity index (χ1n) is 11.9. The molecule has 0 radical (unpaired) electrons. The van der Waals surface area contributed by atoms with Crippen molar-refractivity contribution in [3.8, 4) is 11.4 Å². The number of hydrogen-bond acceptors (Lipinski definition) is 5. The summed E-state index contributed by atoms with van der Waals surface area (Å²) in [6.07, 6.45) is 1.78. The maximum absolute atomic E-state index is 13.4. The van der Waals surface area contributed by atoms with Gasteiger partial charge in [-0.1, -0.05) is 6.07 Å². The lowest BCUT2D eigenvalue weighted by atomic mass is 10.00. The summed E-state index contributed by atoms with van der Waals surface area (Å²) in [6.45, 7) is 1.47. The highest BCUT2D eigenvalue weighted by Crippen LogP contribution is 2.37. The number of rotatable bonds is 5. The number of piperidine rings is 1. The van der Waals surface area contributed by atoms with Crippen molar-refractivity contribution in [2.45, 2.75) is 50.9 Å². The van der Waals surface area contributed by atoms with Gasteiger partial charge in [-0.15, -0.1) is 10.2 Å². The summed E-state index contributed by atoms with van der Waals surface area (Å²) in [7, 11) is 3.93. The molecule has 1 aliphatic carbocycles. The fourth-order valence-corrected chi connectivity index (χ4v) is 5.39. The average Bonchev–Trinajstić information content (AvgIpc) is 3.48. The molecule has 1 aromatic carbocycles. The summed E-state index contributed by atoms with van der Waals surface area (Å²) in [5.41, 5.74) is 3.54. The van der Waals surface area contributed by atoms with Gasteiger partial charge < -0.3 is 4.90 Å². The van der Waals surface area contributed by atoms with Gasteiger partial charge in [0.25, 0.3) is 0 Å². The summed E-state index contributed by atoms with van der Waals surface area (Å²) in [6, 6.07) is 5.11. The van der Waals surface area contributed by atoms with E-state index in [0.29, 0.717) is 19.2 Å². The van der Waals surface area contributed by atoms with Gasteiger partial charge in [0.2, 0.25) is 0 Å². The summed E-state index contributed by atoms with van der Waals surface area (Å²) in [5.74, 6) is 0.0317. The van der Waals surface area contributed by atoms with Gasteiger partial charge in [0.1, 0.15) is 11.5 Å². The quantitative estimate of drug-likeness (QED) is 0.491. The van der Waals surface area contributed by atoms with Crippen molar-refractivity contribution < 1.29 is 17.6 Å². The molecule has 1 fully saturated rings. The van der Waals surface area contributed by atoms with E-state index in [4.69, 9.17) is 0 Å². The second-order valence-corrected chi connectivity index (χ2v) is 9.44. The van der Waals surface area contributed by atoms with E-state index in [-0.39, 0.29) is 18.2 Å². The second-order valence-electron chi connectivity index (χ2n) is 9.44. The monoisotopic (exact) mass is 488 g/mol. The molecular weight excluding hydrogens is 460 g/mol. The van der Waals surface area contributed by atoms with Crippen LogP contribution >= 0.6 is 0 Å². The zero-order chi connectivity index (χ0) is 24.7. The van der Waals surface area contributed by atoms with Crippen LogP contribution in [0.4, 0.5) is 23.4 Å². The van der Waals surface area contributed by atoms with E-state index < -0.39 is 17.6 Å². The average molecular weight is 489 g/mol. The van der Waals surface area contributed by atoms with Gasteiger partial charge in [0.05, 0.1) is 11.3 Å². The molecule has 3 heterocycles. The van der Waals surface area contributed by atoms with Crippen molar-refractivity contribution in [2.75, 3.05) is 25.0 Å². The maximum atomic E-state index is 13.4. The van der Waals surface area contributed by atoms with Crippen molar-refractivity contribution in [3.05, 3.63) is 58.5 Å². The molecule has 2 aliphatic rings. The van der Waals surface area contributed by atoms with Gasteiger partial charge in [-0.2, -0.15) is 18.3 Å². The SMILES string of the molecule is CN(c1nnc(-c2ccnn2C)c2c1CCC2)C1CCN(Cc2ccc(F)cc2C(F)(F)F)CC1. The molecule has 0 N–H and O–H groups in total. The third-order valence-electron chi connectivity index (χ3n) is 7.29. The lowest BCUT2D eigenvalue weighted by molar-refractivity contribution is -0.138. The van der Waals surface area contributed by atoms with Crippen LogP contribution in [-0.4, -0.2) is 51.1 Å². The Morgan fingerprint density at radius 3 is 2.49 bits per heavy atom. The molecule has 3 aromatic rings. The Balaban J connectivity index is 1.29. The van der Waals surface area contributed by atoms with Gasteiger partial charge in [0.15, 0.2) is 5.82 Å². The molecule has 10 heteroatoms. The summed E-state index contributed by atoms with van der Waals surface area (Å²) >= 11 is 0. The number of fused-ring (bicyclic) bond motifs is 1. The van der Waals surface area contributed by atoms with E-state index in [1.165, 1.54) is 17.2 Å². The molecule has 0 amide bonds. The molecular formula is C25H28F4N6. The molecule has 0 saturated carbocycles. The minimum Gasteiger partial charge on any atom is -0.355 e. The second kappa shape index (κ2) is 9.22. The van der Waals surface area contributed by atoms with Crippen LogP contribution in [0.3, 0.4) is 0 Å². The highest BCUT2D eigenvalue weighted by molar-refractivity contribution is 5.66.